The number of carbonyl (C=O) groups is 1. The van der Waals surface area contributed by atoms with E-state index in [4.69, 9.17) is 14.2 Å². The fourth-order valence-corrected chi connectivity index (χ4v) is 4.91. The van der Waals surface area contributed by atoms with Crippen molar-refractivity contribution in [2.45, 2.75) is 64.6 Å². The van der Waals surface area contributed by atoms with Gasteiger partial charge in [-0.1, -0.05) is 49.1 Å². The van der Waals surface area contributed by atoms with Gasteiger partial charge in [-0.2, -0.15) is 0 Å². The zero-order chi connectivity index (χ0) is 25.9. The summed E-state index contributed by atoms with van der Waals surface area (Å²) in [6, 6.07) is 15.1. The highest BCUT2D eigenvalue weighted by Crippen LogP contribution is 2.38. The van der Waals surface area contributed by atoms with E-state index in [1.54, 1.807) is 6.08 Å². The normalized spacial score (nSPS) is 19.7. The van der Waals surface area contributed by atoms with E-state index < -0.39 is 5.79 Å². The molecule has 1 aliphatic rings. The first kappa shape index (κ1) is 25.9. The molecule has 3 aromatic rings. The second-order valence-electron chi connectivity index (χ2n) is 9.81. The SMILES string of the molecule is C=CCOC(=O)CC1CC(/C=C/c2c(-c3ccc(F)cc3)c3ccccc3n2C(C)C)OC(C)(C)O1. The Kier molecular flexibility index (Phi) is 7.76. The van der Waals surface area contributed by atoms with E-state index in [2.05, 4.69) is 43.2 Å². The van der Waals surface area contributed by atoms with Crippen molar-refractivity contribution in [3.63, 3.8) is 0 Å². The molecule has 1 saturated heterocycles. The number of esters is 1. The van der Waals surface area contributed by atoms with Gasteiger partial charge in [0.2, 0.25) is 0 Å². The highest BCUT2D eigenvalue weighted by Gasteiger charge is 2.35. The third kappa shape index (κ3) is 5.77. The molecule has 2 aromatic carbocycles. The minimum atomic E-state index is -0.846. The van der Waals surface area contributed by atoms with Crippen LogP contribution in [-0.4, -0.2) is 35.1 Å². The lowest BCUT2D eigenvalue weighted by Crippen LogP contribution is -2.44. The van der Waals surface area contributed by atoms with E-state index in [1.165, 1.54) is 12.1 Å². The Morgan fingerprint density at radius 2 is 1.92 bits per heavy atom. The molecule has 0 aliphatic carbocycles. The van der Waals surface area contributed by atoms with Crippen LogP contribution < -0.4 is 0 Å². The lowest BCUT2D eigenvalue weighted by atomic mass is 10.0. The number of fused-ring (bicyclic) bond motifs is 1. The molecule has 0 spiro atoms. The summed E-state index contributed by atoms with van der Waals surface area (Å²) < 4.78 is 33.4. The second-order valence-corrected chi connectivity index (χ2v) is 9.81. The maximum Gasteiger partial charge on any atom is 0.308 e. The van der Waals surface area contributed by atoms with E-state index in [1.807, 2.05) is 44.2 Å². The molecule has 36 heavy (non-hydrogen) atoms. The van der Waals surface area contributed by atoms with Gasteiger partial charge in [0.1, 0.15) is 12.4 Å². The predicted octanol–water partition coefficient (Wildman–Crippen LogP) is 7.07. The lowest BCUT2D eigenvalue weighted by molar-refractivity contribution is -0.290. The minimum Gasteiger partial charge on any atom is -0.461 e. The van der Waals surface area contributed by atoms with Gasteiger partial charge >= 0.3 is 5.97 Å². The molecule has 6 heteroatoms. The molecule has 1 fully saturated rings. The summed E-state index contributed by atoms with van der Waals surface area (Å²) in [5.74, 6) is -1.43. The van der Waals surface area contributed by atoms with E-state index in [0.29, 0.717) is 6.42 Å². The average molecular weight is 492 g/mol. The number of nitrogens with zero attached hydrogens (tertiary/aromatic N) is 1. The Hall–Kier alpha value is -3.22. The first-order chi connectivity index (χ1) is 17.2. The van der Waals surface area contributed by atoms with Gasteiger partial charge in [0, 0.05) is 34.6 Å². The van der Waals surface area contributed by atoms with Gasteiger partial charge in [-0.3, -0.25) is 4.79 Å². The van der Waals surface area contributed by atoms with Crippen molar-refractivity contribution < 1.29 is 23.4 Å². The molecule has 0 amide bonds. The second kappa shape index (κ2) is 10.8. The molecule has 0 bridgehead atoms. The number of halogens is 1. The number of carbonyl (C=O) groups excluding carboxylic acids is 1. The van der Waals surface area contributed by atoms with Gasteiger partial charge < -0.3 is 18.8 Å². The summed E-state index contributed by atoms with van der Waals surface area (Å²) in [7, 11) is 0. The van der Waals surface area contributed by atoms with Gasteiger partial charge in [0.15, 0.2) is 5.79 Å². The van der Waals surface area contributed by atoms with Crippen LogP contribution in [0.1, 0.15) is 52.3 Å². The first-order valence-corrected chi connectivity index (χ1v) is 12.4. The van der Waals surface area contributed by atoms with Crippen molar-refractivity contribution in [1.29, 1.82) is 0 Å². The van der Waals surface area contributed by atoms with Gasteiger partial charge in [-0.25, -0.2) is 4.39 Å². The molecular formula is C30H34FNO4. The Bertz CT molecular complexity index is 1260. The Morgan fingerprint density at radius 3 is 2.61 bits per heavy atom. The topological polar surface area (TPSA) is 49.7 Å². The number of para-hydroxylation sites is 1. The fraction of sp³-hybridized carbons (Fsp3) is 0.367. The number of ether oxygens (including phenoxy) is 3. The van der Waals surface area contributed by atoms with Crippen molar-refractivity contribution in [3.8, 4) is 11.1 Å². The largest absolute Gasteiger partial charge is 0.461 e. The molecule has 2 unspecified atom stereocenters. The third-order valence-corrected chi connectivity index (χ3v) is 6.20. The van der Waals surface area contributed by atoms with Crippen molar-refractivity contribution in [2.75, 3.05) is 6.61 Å². The van der Waals surface area contributed by atoms with Crippen LogP contribution in [0.4, 0.5) is 4.39 Å². The van der Waals surface area contributed by atoms with Crippen LogP contribution in [0.15, 0.2) is 67.3 Å². The monoisotopic (exact) mass is 491 g/mol. The highest BCUT2D eigenvalue weighted by atomic mass is 19.1. The van der Waals surface area contributed by atoms with Crippen LogP contribution in [0.3, 0.4) is 0 Å². The van der Waals surface area contributed by atoms with Crippen LogP contribution in [0.2, 0.25) is 0 Å². The fourth-order valence-electron chi connectivity index (χ4n) is 4.91. The quantitative estimate of drug-likeness (QED) is 0.250. The smallest absolute Gasteiger partial charge is 0.308 e. The lowest BCUT2D eigenvalue weighted by Gasteiger charge is -2.39. The Balaban J connectivity index is 1.71. The zero-order valence-corrected chi connectivity index (χ0v) is 21.4. The summed E-state index contributed by atoms with van der Waals surface area (Å²) >= 11 is 0. The van der Waals surface area contributed by atoms with Crippen molar-refractivity contribution >= 4 is 22.9 Å². The number of hydrogen-bond acceptors (Lipinski definition) is 4. The van der Waals surface area contributed by atoms with Gasteiger partial charge in [-0.15, -0.1) is 0 Å². The molecule has 190 valence electrons. The van der Waals surface area contributed by atoms with Gasteiger partial charge in [-0.05, 0) is 57.5 Å². The molecule has 2 atom stereocenters. The molecule has 0 radical (unpaired) electrons. The maximum atomic E-state index is 13.7. The van der Waals surface area contributed by atoms with E-state index in [9.17, 15) is 9.18 Å². The molecule has 1 aliphatic heterocycles. The third-order valence-electron chi connectivity index (χ3n) is 6.20. The van der Waals surface area contributed by atoms with Crippen molar-refractivity contribution in [3.05, 3.63) is 78.8 Å². The number of hydrogen-bond donors (Lipinski definition) is 0. The molecule has 0 saturated carbocycles. The van der Waals surface area contributed by atoms with Crippen LogP contribution >= 0.6 is 0 Å². The molecular weight excluding hydrogens is 457 g/mol. The minimum absolute atomic E-state index is 0.151. The summed E-state index contributed by atoms with van der Waals surface area (Å²) in [4.78, 5) is 12.2. The van der Waals surface area contributed by atoms with Crippen LogP contribution in [-0.2, 0) is 19.0 Å². The summed E-state index contributed by atoms with van der Waals surface area (Å²) in [5, 5.41) is 1.11. The summed E-state index contributed by atoms with van der Waals surface area (Å²) in [6.45, 7) is 11.8. The summed E-state index contributed by atoms with van der Waals surface area (Å²) in [6.07, 6.45) is 5.75. The van der Waals surface area contributed by atoms with E-state index in [-0.39, 0.29) is 43.1 Å². The van der Waals surface area contributed by atoms with Crippen LogP contribution in [0.25, 0.3) is 28.1 Å². The predicted molar refractivity (Wildman–Crippen MR) is 141 cm³/mol. The Morgan fingerprint density at radius 1 is 1.19 bits per heavy atom. The zero-order valence-electron chi connectivity index (χ0n) is 21.4. The standard InChI is InChI=1S/C30H34FNO4/c1-6-17-34-28(33)19-24-18-23(35-30(4,5)36-24)15-16-27-29(21-11-13-22(31)14-12-21)25-9-7-8-10-26(25)32(27)20(2)3/h6-16,20,23-24H,1,17-19H2,2-5H3/b16-15+. The highest BCUT2D eigenvalue weighted by molar-refractivity contribution is 6.01. The van der Waals surface area contributed by atoms with E-state index >= 15 is 0 Å². The van der Waals surface area contributed by atoms with Crippen molar-refractivity contribution in [2.24, 2.45) is 0 Å². The van der Waals surface area contributed by atoms with Gasteiger partial charge in [0.25, 0.3) is 0 Å². The summed E-state index contributed by atoms with van der Waals surface area (Å²) in [5.41, 5.74) is 4.13. The maximum absolute atomic E-state index is 13.7. The Labute approximate surface area is 212 Å². The van der Waals surface area contributed by atoms with Crippen LogP contribution in [0.5, 0.6) is 0 Å². The number of benzene rings is 2. The molecule has 5 nitrogen and oxygen atoms in total. The van der Waals surface area contributed by atoms with Crippen LogP contribution in [0, 0.1) is 5.82 Å². The molecule has 2 heterocycles. The first-order valence-electron chi connectivity index (χ1n) is 12.4. The number of aromatic nitrogens is 1. The van der Waals surface area contributed by atoms with Crippen molar-refractivity contribution in [1.82, 2.24) is 4.57 Å². The number of rotatable bonds is 8. The molecule has 0 N–H and O–H groups in total. The molecule has 4 rings (SSSR count). The van der Waals surface area contributed by atoms with Gasteiger partial charge in [0.05, 0.1) is 18.6 Å². The average Bonchev–Trinajstić information content (AvgIpc) is 3.15. The van der Waals surface area contributed by atoms with E-state index in [0.717, 1.165) is 27.7 Å². The molecule has 1 aromatic heterocycles.